The average Bonchev–Trinajstić information content (AvgIpc) is 3.57. The first kappa shape index (κ1) is 56.3. The quantitative estimate of drug-likeness (QED) is 0.449. The van der Waals surface area contributed by atoms with Crippen LogP contribution in [0.3, 0.4) is 0 Å². The molecule has 2 heteroatoms. The molecule has 0 radical (unpaired) electrons. The summed E-state index contributed by atoms with van der Waals surface area (Å²) in [5.41, 5.74) is 0. The van der Waals surface area contributed by atoms with Crippen molar-refractivity contribution >= 4 is 0 Å². The number of H-pyrrole nitrogens is 1. The lowest BCUT2D eigenvalue weighted by Gasteiger charge is -1.79. The zero-order chi connectivity index (χ0) is 23.9. The summed E-state index contributed by atoms with van der Waals surface area (Å²) in [6.45, 7) is 32.0. The Morgan fingerprint density at radius 2 is 0.679 bits per heavy atom. The largest absolute Gasteiger partial charge is 1.00 e. The van der Waals surface area contributed by atoms with Crippen molar-refractivity contribution in [3.05, 3.63) is 49.1 Å². The predicted octanol–water partition coefficient (Wildman–Crippen LogP) is 11.0. The standard InChI is InChI=1S/C5H7N.C4H5N.8C2H6.CH4.H/c1-6-4-2-3-5-6;1-2-4-5-3-1;8*1-2;;/h2-5H,1H3;1-5H;8*1-2H3;1H4;/q;;;;;;;;;;;-1. The highest BCUT2D eigenvalue weighted by Crippen LogP contribution is 1.80. The smallest absolute Gasteiger partial charge is 0.0106 e. The molecule has 28 heavy (non-hydrogen) atoms. The molecule has 180 valence electrons. The number of nitrogens with one attached hydrogen (secondary N) is 1. The van der Waals surface area contributed by atoms with E-state index in [2.05, 4.69) is 4.98 Å². The van der Waals surface area contributed by atoms with Gasteiger partial charge < -0.3 is 11.0 Å². The summed E-state index contributed by atoms with van der Waals surface area (Å²) in [6, 6.07) is 7.89. The third kappa shape index (κ3) is 122. The van der Waals surface area contributed by atoms with E-state index in [0.29, 0.717) is 0 Å². The SMILES string of the molecule is C.CC.CC.CC.CC.CC.CC.CC.CC.Cn1cccc1.[H-].c1cc[nH]c1. The van der Waals surface area contributed by atoms with E-state index in [4.69, 9.17) is 0 Å². The molecule has 1 N–H and O–H groups in total. The molecule has 2 aromatic heterocycles. The average molecular weight is 406 g/mol. The summed E-state index contributed by atoms with van der Waals surface area (Å²) in [5.74, 6) is 0. The van der Waals surface area contributed by atoms with E-state index in [0.717, 1.165) is 0 Å². The highest BCUT2D eigenvalue weighted by Gasteiger charge is 1.68. The molecule has 2 nitrogen and oxygen atoms in total. The highest BCUT2D eigenvalue weighted by atomic mass is 14.9. The molecule has 0 aliphatic heterocycles. The van der Waals surface area contributed by atoms with Gasteiger partial charge in [-0.05, 0) is 24.3 Å². The molecule has 2 rings (SSSR count). The monoisotopic (exact) mass is 406 g/mol. The molecular weight excluding hydrogens is 340 g/mol. The van der Waals surface area contributed by atoms with Gasteiger partial charge in [-0.15, -0.1) is 0 Å². The Labute approximate surface area is 185 Å². The van der Waals surface area contributed by atoms with Crippen molar-refractivity contribution in [3.63, 3.8) is 0 Å². The molecule has 0 aliphatic rings. The molecule has 0 amide bonds. The van der Waals surface area contributed by atoms with Gasteiger partial charge in [-0.2, -0.15) is 0 Å². The van der Waals surface area contributed by atoms with E-state index in [-0.39, 0.29) is 8.85 Å². The van der Waals surface area contributed by atoms with Gasteiger partial charge in [-0.25, -0.2) is 0 Å². The Morgan fingerprint density at radius 1 is 0.464 bits per heavy atom. The Hall–Kier alpha value is -1.44. The lowest BCUT2D eigenvalue weighted by molar-refractivity contribution is 0.928. The van der Waals surface area contributed by atoms with Crippen LogP contribution >= 0.6 is 0 Å². The van der Waals surface area contributed by atoms with Crippen molar-refractivity contribution in [3.8, 4) is 0 Å². The lowest BCUT2D eigenvalue weighted by atomic mass is 10.7. The van der Waals surface area contributed by atoms with Crippen molar-refractivity contribution in [2.45, 2.75) is 118 Å². The van der Waals surface area contributed by atoms with Crippen LogP contribution < -0.4 is 0 Å². The number of nitrogens with zero attached hydrogens (tertiary/aromatic N) is 1. The molecule has 0 aliphatic carbocycles. The molecule has 0 spiro atoms. The first-order chi connectivity index (χ1) is 13.4. The van der Waals surface area contributed by atoms with E-state index in [1.54, 1.807) is 0 Å². The molecule has 0 fully saturated rings. The fourth-order valence-corrected chi connectivity index (χ4v) is 0.698. The first-order valence-corrected chi connectivity index (χ1v) is 11.5. The number of hydrogen-bond donors (Lipinski definition) is 1. The van der Waals surface area contributed by atoms with Crippen molar-refractivity contribution in [1.29, 1.82) is 0 Å². The van der Waals surface area contributed by atoms with Gasteiger partial charge in [-0.3, -0.25) is 0 Å². The van der Waals surface area contributed by atoms with E-state index in [1.807, 2.05) is 171 Å². The highest BCUT2D eigenvalue weighted by molar-refractivity contribution is 4.88. The second kappa shape index (κ2) is 138. The van der Waals surface area contributed by atoms with Crippen LogP contribution in [-0.4, -0.2) is 9.55 Å². The van der Waals surface area contributed by atoms with Gasteiger partial charge >= 0.3 is 0 Å². The molecule has 0 saturated heterocycles. The number of aryl methyl sites for hydroxylation is 1. The maximum atomic E-state index is 2.86. The van der Waals surface area contributed by atoms with Crippen LogP contribution in [0.15, 0.2) is 49.1 Å². The van der Waals surface area contributed by atoms with Crippen molar-refractivity contribution in [2.24, 2.45) is 7.05 Å². The maximum absolute atomic E-state index is 2.86. The Morgan fingerprint density at radius 3 is 0.750 bits per heavy atom. The molecule has 0 aromatic carbocycles. The van der Waals surface area contributed by atoms with Crippen LogP contribution in [0, 0.1) is 0 Å². The van der Waals surface area contributed by atoms with Crippen molar-refractivity contribution < 1.29 is 1.43 Å². The molecule has 0 atom stereocenters. The summed E-state index contributed by atoms with van der Waals surface area (Å²) in [5, 5.41) is 0. The molecular formula is C26H65N2-. The van der Waals surface area contributed by atoms with Gasteiger partial charge in [0, 0.05) is 31.8 Å². The third-order valence-corrected chi connectivity index (χ3v) is 1.25. The lowest BCUT2D eigenvalue weighted by Crippen LogP contribution is -1.75. The van der Waals surface area contributed by atoms with Crippen molar-refractivity contribution in [1.82, 2.24) is 9.55 Å². The summed E-state index contributed by atoms with van der Waals surface area (Å²) in [4.78, 5) is 2.86. The second-order valence-corrected chi connectivity index (χ2v) is 2.23. The summed E-state index contributed by atoms with van der Waals surface area (Å²) in [6.07, 6.45) is 7.75. The van der Waals surface area contributed by atoms with Crippen LogP contribution in [0.4, 0.5) is 0 Å². The van der Waals surface area contributed by atoms with E-state index >= 15 is 0 Å². The number of rotatable bonds is 0. The van der Waals surface area contributed by atoms with E-state index in [9.17, 15) is 0 Å². The topological polar surface area (TPSA) is 20.7 Å². The summed E-state index contributed by atoms with van der Waals surface area (Å²) >= 11 is 0. The Balaban J connectivity index is -0.0000000182. The summed E-state index contributed by atoms with van der Waals surface area (Å²) in [7, 11) is 2.00. The minimum absolute atomic E-state index is 0. The van der Waals surface area contributed by atoms with Crippen LogP contribution in [0.25, 0.3) is 0 Å². The molecule has 0 bridgehead atoms. The molecule has 2 heterocycles. The Bertz CT molecular complexity index is 235. The van der Waals surface area contributed by atoms with Gasteiger partial charge in [0.15, 0.2) is 0 Å². The van der Waals surface area contributed by atoms with E-state index < -0.39 is 0 Å². The predicted molar refractivity (Wildman–Crippen MR) is 145 cm³/mol. The molecule has 2 aromatic rings. The Kier molecular flexibility index (Phi) is 278. The van der Waals surface area contributed by atoms with Crippen LogP contribution in [0.1, 0.15) is 120 Å². The molecule has 0 saturated carbocycles. The van der Waals surface area contributed by atoms with Crippen LogP contribution in [0.2, 0.25) is 0 Å². The van der Waals surface area contributed by atoms with Gasteiger partial charge in [-0.1, -0.05) is 118 Å². The van der Waals surface area contributed by atoms with Gasteiger partial charge in [0.1, 0.15) is 0 Å². The van der Waals surface area contributed by atoms with Crippen LogP contribution in [0.5, 0.6) is 0 Å². The minimum atomic E-state index is 0. The fraction of sp³-hybridized carbons (Fsp3) is 0.692. The maximum Gasteiger partial charge on any atom is 0.0106 e. The molecule has 0 unspecified atom stereocenters. The van der Waals surface area contributed by atoms with Gasteiger partial charge in [0.05, 0.1) is 0 Å². The zero-order valence-corrected chi connectivity index (χ0v) is 22.6. The number of aromatic amines is 1. The third-order valence-electron chi connectivity index (χ3n) is 1.25. The normalized spacial score (nSPS) is 5.04. The van der Waals surface area contributed by atoms with Gasteiger partial charge in [0.25, 0.3) is 0 Å². The van der Waals surface area contributed by atoms with E-state index in [1.165, 1.54) is 0 Å². The zero-order valence-electron chi connectivity index (χ0n) is 23.6. The fourth-order valence-electron chi connectivity index (χ4n) is 0.698. The van der Waals surface area contributed by atoms with Crippen LogP contribution in [-0.2, 0) is 7.05 Å². The second-order valence-electron chi connectivity index (χ2n) is 2.23. The number of hydrogen-bond acceptors (Lipinski definition) is 0. The first-order valence-electron chi connectivity index (χ1n) is 11.5. The summed E-state index contributed by atoms with van der Waals surface area (Å²) < 4.78 is 2.00. The minimum Gasteiger partial charge on any atom is -1.00 e. The number of aromatic nitrogens is 2. The van der Waals surface area contributed by atoms with Crippen molar-refractivity contribution in [2.75, 3.05) is 0 Å². The van der Waals surface area contributed by atoms with Gasteiger partial charge in [0.2, 0.25) is 0 Å².